The standard InChI is InChI=1S/C13H21NO2S/c1-3-14(8-10-15)9-11-16-12-4-6-13(17-2)7-5-12/h4-7,15H,3,8-11H2,1-2H3. The zero-order chi connectivity index (χ0) is 12.5. The summed E-state index contributed by atoms with van der Waals surface area (Å²) in [6.45, 7) is 5.45. The molecule has 0 amide bonds. The summed E-state index contributed by atoms with van der Waals surface area (Å²) in [5, 5.41) is 8.86. The minimum atomic E-state index is 0.205. The highest BCUT2D eigenvalue weighted by atomic mass is 32.2. The fraction of sp³-hybridized carbons (Fsp3) is 0.538. The molecule has 0 saturated carbocycles. The SMILES string of the molecule is CCN(CCO)CCOc1ccc(SC)cc1. The van der Waals surface area contributed by atoms with Crippen LogP contribution in [0, 0.1) is 0 Å². The minimum Gasteiger partial charge on any atom is -0.492 e. The number of hydrogen-bond donors (Lipinski definition) is 1. The van der Waals surface area contributed by atoms with E-state index in [2.05, 4.69) is 30.2 Å². The molecule has 0 aromatic heterocycles. The van der Waals surface area contributed by atoms with E-state index in [0.717, 1.165) is 18.8 Å². The summed E-state index contributed by atoms with van der Waals surface area (Å²) < 4.78 is 5.65. The quantitative estimate of drug-likeness (QED) is 0.721. The second kappa shape index (κ2) is 8.39. The lowest BCUT2D eigenvalue weighted by atomic mass is 10.3. The Labute approximate surface area is 108 Å². The number of likely N-dealkylation sites (N-methyl/N-ethyl adjacent to an activating group) is 1. The molecule has 0 bridgehead atoms. The van der Waals surface area contributed by atoms with Gasteiger partial charge in [-0.2, -0.15) is 0 Å². The van der Waals surface area contributed by atoms with Crippen molar-refractivity contribution in [1.82, 2.24) is 4.90 Å². The van der Waals surface area contributed by atoms with Crippen LogP contribution in [0.25, 0.3) is 0 Å². The molecule has 0 atom stereocenters. The monoisotopic (exact) mass is 255 g/mol. The van der Waals surface area contributed by atoms with Crippen LogP contribution in [0.15, 0.2) is 29.2 Å². The molecule has 17 heavy (non-hydrogen) atoms. The topological polar surface area (TPSA) is 32.7 Å². The van der Waals surface area contributed by atoms with Crippen LogP contribution in [0.4, 0.5) is 0 Å². The van der Waals surface area contributed by atoms with E-state index in [0.29, 0.717) is 13.2 Å². The second-order valence-corrected chi connectivity index (χ2v) is 4.56. The number of aliphatic hydroxyl groups is 1. The summed E-state index contributed by atoms with van der Waals surface area (Å²) >= 11 is 1.72. The average molecular weight is 255 g/mol. The van der Waals surface area contributed by atoms with Gasteiger partial charge in [0.25, 0.3) is 0 Å². The first kappa shape index (κ1) is 14.4. The highest BCUT2D eigenvalue weighted by molar-refractivity contribution is 7.98. The molecule has 96 valence electrons. The number of thioether (sulfide) groups is 1. The van der Waals surface area contributed by atoms with Gasteiger partial charge in [0, 0.05) is 18.0 Å². The predicted octanol–water partition coefficient (Wildman–Crippen LogP) is 2.10. The first-order valence-corrected chi connectivity index (χ1v) is 7.12. The number of rotatable bonds is 8. The van der Waals surface area contributed by atoms with Crippen LogP contribution in [0.5, 0.6) is 5.75 Å². The molecule has 1 rings (SSSR count). The molecule has 0 fully saturated rings. The molecule has 0 heterocycles. The molecule has 0 aliphatic carbocycles. The van der Waals surface area contributed by atoms with E-state index in [4.69, 9.17) is 9.84 Å². The smallest absolute Gasteiger partial charge is 0.119 e. The van der Waals surface area contributed by atoms with E-state index in [1.165, 1.54) is 4.90 Å². The van der Waals surface area contributed by atoms with Crippen LogP contribution in [-0.4, -0.2) is 49.1 Å². The van der Waals surface area contributed by atoms with Gasteiger partial charge in [-0.05, 0) is 37.1 Å². The van der Waals surface area contributed by atoms with Crippen LogP contribution in [0.3, 0.4) is 0 Å². The predicted molar refractivity (Wildman–Crippen MR) is 72.9 cm³/mol. The molecule has 0 aliphatic heterocycles. The fourth-order valence-corrected chi connectivity index (χ4v) is 1.94. The number of ether oxygens (including phenoxy) is 1. The molecule has 1 aromatic rings. The zero-order valence-electron chi connectivity index (χ0n) is 10.6. The summed E-state index contributed by atoms with van der Waals surface area (Å²) in [5.74, 6) is 0.905. The van der Waals surface area contributed by atoms with E-state index < -0.39 is 0 Å². The highest BCUT2D eigenvalue weighted by Gasteiger charge is 2.01. The molecule has 1 N–H and O–H groups in total. The molecule has 0 radical (unpaired) electrons. The molecule has 3 nitrogen and oxygen atoms in total. The maximum Gasteiger partial charge on any atom is 0.119 e. The lowest BCUT2D eigenvalue weighted by molar-refractivity contribution is 0.174. The van der Waals surface area contributed by atoms with Crippen LogP contribution in [0.1, 0.15) is 6.92 Å². The Hall–Kier alpha value is -0.710. The van der Waals surface area contributed by atoms with Crippen molar-refractivity contribution < 1.29 is 9.84 Å². The van der Waals surface area contributed by atoms with Crippen LogP contribution in [-0.2, 0) is 0 Å². The van der Waals surface area contributed by atoms with Crippen molar-refractivity contribution in [3.63, 3.8) is 0 Å². The maximum absolute atomic E-state index is 8.86. The fourth-order valence-electron chi connectivity index (χ4n) is 1.53. The third-order valence-electron chi connectivity index (χ3n) is 2.60. The van der Waals surface area contributed by atoms with E-state index in [1.54, 1.807) is 11.8 Å². The Kier molecular flexibility index (Phi) is 7.08. The van der Waals surface area contributed by atoms with Crippen molar-refractivity contribution >= 4 is 11.8 Å². The number of hydrogen-bond acceptors (Lipinski definition) is 4. The second-order valence-electron chi connectivity index (χ2n) is 3.68. The van der Waals surface area contributed by atoms with Crippen molar-refractivity contribution in [2.24, 2.45) is 0 Å². The summed E-state index contributed by atoms with van der Waals surface area (Å²) in [5.41, 5.74) is 0. The molecule has 1 aromatic carbocycles. The molecule has 0 spiro atoms. The van der Waals surface area contributed by atoms with Crippen LogP contribution in [0.2, 0.25) is 0 Å². The van der Waals surface area contributed by atoms with Gasteiger partial charge in [0.1, 0.15) is 12.4 Å². The van der Waals surface area contributed by atoms with Gasteiger partial charge in [0.15, 0.2) is 0 Å². The Morgan fingerprint density at radius 2 is 1.94 bits per heavy atom. The highest BCUT2D eigenvalue weighted by Crippen LogP contribution is 2.18. The van der Waals surface area contributed by atoms with Gasteiger partial charge in [-0.15, -0.1) is 11.8 Å². The van der Waals surface area contributed by atoms with Gasteiger partial charge in [0.2, 0.25) is 0 Å². The molecular weight excluding hydrogens is 234 g/mol. The Morgan fingerprint density at radius 1 is 1.24 bits per heavy atom. The van der Waals surface area contributed by atoms with E-state index in [1.807, 2.05) is 12.1 Å². The zero-order valence-corrected chi connectivity index (χ0v) is 11.4. The van der Waals surface area contributed by atoms with E-state index in [-0.39, 0.29) is 6.61 Å². The van der Waals surface area contributed by atoms with Gasteiger partial charge in [0.05, 0.1) is 6.61 Å². The first-order valence-electron chi connectivity index (χ1n) is 5.90. The number of nitrogens with zero attached hydrogens (tertiary/aromatic N) is 1. The Bertz CT molecular complexity index is 303. The first-order chi connectivity index (χ1) is 8.30. The van der Waals surface area contributed by atoms with Gasteiger partial charge in [-0.25, -0.2) is 0 Å². The largest absolute Gasteiger partial charge is 0.492 e. The lowest BCUT2D eigenvalue weighted by Crippen LogP contribution is -2.30. The van der Waals surface area contributed by atoms with Gasteiger partial charge in [-0.3, -0.25) is 4.90 Å². The lowest BCUT2D eigenvalue weighted by Gasteiger charge is -2.19. The number of aliphatic hydroxyl groups excluding tert-OH is 1. The van der Waals surface area contributed by atoms with Gasteiger partial charge in [-0.1, -0.05) is 6.92 Å². The summed E-state index contributed by atoms with van der Waals surface area (Å²) in [6.07, 6.45) is 2.06. The minimum absolute atomic E-state index is 0.205. The van der Waals surface area contributed by atoms with Crippen molar-refractivity contribution in [3.05, 3.63) is 24.3 Å². The summed E-state index contributed by atoms with van der Waals surface area (Å²) in [6, 6.07) is 8.11. The Balaban J connectivity index is 2.29. The molecular formula is C13H21NO2S. The summed E-state index contributed by atoms with van der Waals surface area (Å²) in [7, 11) is 0. The molecule has 0 saturated heterocycles. The molecule has 0 unspecified atom stereocenters. The molecule has 4 heteroatoms. The van der Waals surface area contributed by atoms with Crippen molar-refractivity contribution in [3.8, 4) is 5.75 Å². The normalized spacial score (nSPS) is 10.8. The van der Waals surface area contributed by atoms with Crippen LogP contribution >= 0.6 is 11.8 Å². The van der Waals surface area contributed by atoms with Crippen LogP contribution < -0.4 is 4.74 Å². The van der Waals surface area contributed by atoms with Gasteiger partial charge >= 0.3 is 0 Å². The maximum atomic E-state index is 8.86. The third-order valence-corrected chi connectivity index (χ3v) is 3.34. The number of benzene rings is 1. The van der Waals surface area contributed by atoms with Crippen molar-refractivity contribution in [1.29, 1.82) is 0 Å². The third kappa shape index (κ3) is 5.44. The average Bonchev–Trinajstić information content (AvgIpc) is 2.38. The van der Waals surface area contributed by atoms with Crippen molar-refractivity contribution in [2.75, 3.05) is 39.1 Å². The van der Waals surface area contributed by atoms with Crippen molar-refractivity contribution in [2.45, 2.75) is 11.8 Å². The van der Waals surface area contributed by atoms with E-state index in [9.17, 15) is 0 Å². The Morgan fingerprint density at radius 3 is 2.47 bits per heavy atom. The summed E-state index contributed by atoms with van der Waals surface area (Å²) in [4.78, 5) is 3.41. The van der Waals surface area contributed by atoms with E-state index >= 15 is 0 Å². The molecule has 0 aliphatic rings. The van der Waals surface area contributed by atoms with Gasteiger partial charge < -0.3 is 9.84 Å².